The Bertz CT molecular complexity index is 456. The summed E-state index contributed by atoms with van der Waals surface area (Å²) in [6, 6.07) is 8.34. The lowest BCUT2D eigenvalue weighted by molar-refractivity contribution is -0.134. The number of nitrogens with two attached hydrogens (primary N) is 1. The topological polar surface area (TPSA) is 46.3 Å². The quantitative estimate of drug-likeness (QED) is 0.907. The van der Waals surface area contributed by atoms with Crippen molar-refractivity contribution in [2.45, 2.75) is 32.6 Å². The highest BCUT2D eigenvalue weighted by molar-refractivity contribution is 5.92. The third-order valence-electron chi connectivity index (χ3n) is 4.39. The van der Waals surface area contributed by atoms with E-state index in [4.69, 9.17) is 5.73 Å². The molecule has 4 heteroatoms. The van der Waals surface area contributed by atoms with Crippen molar-refractivity contribution in [1.82, 2.24) is 4.90 Å². The Morgan fingerprint density at radius 1 is 1.30 bits per heavy atom. The number of hydrogen-bond donors (Lipinski definition) is 1. The van der Waals surface area contributed by atoms with Gasteiger partial charge in [-0.2, -0.15) is 0 Å². The SMILES string of the molecule is CCN(CC)C(=O)C1(c2ccc(C)cc2)CC1CN.Cl. The number of carbonyl (C=O) groups excluding carboxylic acids is 1. The first-order chi connectivity index (χ1) is 9.09. The number of amides is 1. The molecule has 2 rings (SSSR count). The summed E-state index contributed by atoms with van der Waals surface area (Å²) in [4.78, 5) is 14.7. The van der Waals surface area contributed by atoms with Gasteiger partial charge in [0.05, 0.1) is 5.41 Å². The van der Waals surface area contributed by atoms with Gasteiger partial charge in [-0.15, -0.1) is 12.4 Å². The summed E-state index contributed by atoms with van der Waals surface area (Å²) in [5.41, 5.74) is 7.83. The van der Waals surface area contributed by atoms with E-state index >= 15 is 0 Å². The van der Waals surface area contributed by atoms with Crippen LogP contribution in [0.5, 0.6) is 0 Å². The van der Waals surface area contributed by atoms with E-state index < -0.39 is 0 Å². The first-order valence-electron chi connectivity index (χ1n) is 7.16. The monoisotopic (exact) mass is 296 g/mol. The van der Waals surface area contributed by atoms with Crippen LogP contribution in [-0.4, -0.2) is 30.4 Å². The zero-order valence-corrected chi connectivity index (χ0v) is 13.4. The fraction of sp³-hybridized carbons (Fsp3) is 0.562. The van der Waals surface area contributed by atoms with Gasteiger partial charge in [0, 0.05) is 13.1 Å². The number of halogens is 1. The minimum atomic E-state index is -0.353. The minimum Gasteiger partial charge on any atom is -0.342 e. The molecule has 3 nitrogen and oxygen atoms in total. The van der Waals surface area contributed by atoms with Crippen LogP contribution < -0.4 is 5.73 Å². The largest absolute Gasteiger partial charge is 0.342 e. The number of likely N-dealkylation sites (N-methyl/N-ethyl adjacent to an activating group) is 1. The zero-order valence-electron chi connectivity index (χ0n) is 12.6. The van der Waals surface area contributed by atoms with Crippen LogP contribution in [0, 0.1) is 12.8 Å². The van der Waals surface area contributed by atoms with E-state index in [-0.39, 0.29) is 23.7 Å². The molecule has 20 heavy (non-hydrogen) atoms. The number of rotatable bonds is 5. The van der Waals surface area contributed by atoms with E-state index in [0.29, 0.717) is 12.5 Å². The third kappa shape index (κ3) is 2.70. The summed E-state index contributed by atoms with van der Waals surface area (Å²) in [7, 11) is 0. The average Bonchev–Trinajstić information content (AvgIpc) is 3.16. The van der Waals surface area contributed by atoms with E-state index in [1.807, 2.05) is 18.7 Å². The van der Waals surface area contributed by atoms with E-state index in [2.05, 4.69) is 31.2 Å². The molecule has 1 aliphatic carbocycles. The van der Waals surface area contributed by atoms with Crippen molar-refractivity contribution in [3.63, 3.8) is 0 Å². The first-order valence-corrected chi connectivity index (χ1v) is 7.16. The summed E-state index contributed by atoms with van der Waals surface area (Å²) in [6.07, 6.45) is 0.891. The summed E-state index contributed by atoms with van der Waals surface area (Å²) in [6.45, 7) is 8.24. The van der Waals surface area contributed by atoms with Crippen molar-refractivity contribution in [1.29, 1.82) is 0 Å². The van der Waals surface area contributed by atoms with Gasteiger partial charge in [0.1, 0.15) is 0 Å². The van der Waals surface area contributed by atoms with Crippen molar-refractivity contribution in [2.75, 3.05) is 19.6 Å². The number of benzene rings is 1. The standard InChI is InChI=1S/C16H24N2O.ClH/c1-4-18(5-2)15(19)16(10-14(16)11-17)13-8-6-12(3)7-9-13;/h6-9,14H,4-5,10-11,17H2,1-3H3;1H. The third-order valence-corrected chi connectivity index (χ3v) is 4.39. The highest BCUT2D eigenvalue weighted by atomic mass is 35.5. The molecule has 1 saturated carbocycles. The van der Waals surface area contributed by atoms with Gasteiger partial charge in [0.2, 0.25) is 5.91 Å². The molecule has 2 unspecified atom stereocenters. The van der Waals surface area contributed by atoms with Crippen LogP contribution in [0.15, 0.2) is 24.3 Å². The van der Waals surface area contributed by atoms with Crippen LogP contribution in [-0.2, 0) is 10.2 Å². The molecule has 1 amide bonds. The summed E-state index contributed by atoms with van der Waals surface area (Å²) < 4.78 is 0. The van der Waals surface area contributed by atoms with Gasteiger partial charge >= 0.3 is 0 Å². The minimum absolute atomic E-state index is 0. The van der Waals surface area contributed by atoms with Crippen LogP contribution in [0.25, 0.3) is 0 Å². The number of nitrogens with zero attached hydrogens (tertiary/aromatic N) is 1. The van der Waals surface area contributed by atoms with E-state index in [1.165, 1.54) is 5.56 Å². The Hall–Kier alpha value is -1.06. The van der Waals surface area contributed by atoms with Crippen molar-refractivity contribution in [3.05, 3.63) is 35.4 Å². The summed E-state index contributed by atoms with van der Waals surface area (Å²) >= 11 is 0. The number of carbonyl (C=O) groups is 1. The smallest absolute Gasteiger partial charge is 0.233 e. The molecule has 1 fully saturated rings. The maximum atomic E-state index is 12.8. The molecule has 0 spiro atoms. The van der Waals surface area contributed by atoms with Crippen molar-refractivity contribution in [2.24, 2.45) is 11.7 Å². The first kappa shape index (κ1) is 17.0. The maximum Gasteiger partial charge on any atom is 0.233 e. The Labute approximate surface area is 127 Å². The zero-order chi connectivity index (χ0) is 14.0. The van der Waals surface area contributed by atoms with Crippen LogP contribution in [0.2, 0.25) is 0 Å². The fourth-order valence-corrected chi connectivity index (χ4v) is 3.00. The molecule has 1 aromatic rings. The lowest BCUT2D eigenvalue weighted by atomic mass is 9.90. The second kappa shape index (κ2) is 6.59. The molecule has 1 aliphatic rings. The lowest BCUT2D eigenvalue weighted by Gasteiger charge is -2.26. The molecule has 0 bridgehead atoms. The molecule has 0 saturated heterocycles. The summed E-state index contributed by atoms with van der Waals surface area (Å²) in [5, 5.41) is 0. The molecule has 0 aromatic heterocycles. The molecule has 0 radical (unpaired) electrons. The molecular formula is C16H25ClN2O. The normalized spacial score (nSPS) is 23.9. The van der Waals surface area contributed by atoms with Crippen molar-refractivity contribution in [3.8, 4) is 0 Å². The summed E-state index contributed by atoms with van der Waals surface area (Å²) in [5.74, 6) is 0.542. The van der Waals surface area contributed by atoms with Crippen LogP contribution in [0.1, 0.15) is 31.4 Å². The van der Waals surface area contributed by atoms with Crippen molar-refractivity contribution >= 4 is 18.3 Å². The Kier molecular flexibility index (Phi) is 5.60. The number of aryl methyl sites for hydroxylation is 1. The van der Waals surface area contributed by atoms with E-state index in [1.54, 1.807) is 0 Å². The number of hydrogen-bond acceptors (Lipinski definition) is 2. The molecule has 2 N–H and O–H groups in total. The van der Waals surface area contributed by atoms with Crippen LogP contribution in [0.3, 0.4) is 0 Å². The van der Waals surface area contributed by atoms with Gasteiger partial charge < -0.3 is 10.6 Å². The average molecular weight is 297 g/mol. The van der Waals surface area contributed by atoms with Gasteiger partial charge in [-0.25, -0.2) is 0 Å². The van der Waals surface area contributed by atoms with Crippen molar-refractivity contribution < 1.29 is 4.79 Å². The fourth-order valence-electron chi connectivity index (χ4n) is 3.00. The Balaban J connectivity index is 0.00000200. The Morgan fingerprint density at radius 2 is 1.85 bits per heavy atom. The predicted molar refractivity (Wildman–Crippen MR) is 85.2 cm³/mol. The van der Waals surface area contributed by atoms with Gasteiger partial charge in [-0.1, -0.05) is 29.8 Å². The van der Waals surface area contributed by atoms with Crippen LogP contribution >= 0.6 is 12.4 Å². The van der Waals surface area contributed by atoms with Gasteiger partial charge in [-0.3, -0.25) is 4.79 Å². The second-order valence-corrected chi connectivity index (χ2v) is 5.45. The van der Waals surface area contributed by atoms with E-state index in [0.717, 1.165) is 25.1 Å². The van der Waals surface area contributed by atoms with Gasteiger partial charge in [0.25, 0.3) is 0 Å². The maximum absolute atomic E-state index is 12.8. The molecule has 1 aromatic carbocycles. The molecule has 2 atom stereocenters. The molecular weight excluding hydrogens is 272 g/mol. The highest BCUT2D eigenvalue weighted by Crippen LogP contribution is 2.54. The van der Waals surface area contributed by atoms with E-state index in [9.17, 15) is 4.79 Å². The molecule has 112 valence electrons. The second-order valence-electron chi connectivity index (χ2n) is 5.45. The van der Waals surface area contributed by atoms with Crippen LogP contribution in [0.4, 0.5) is 0 Å². The highest BCUT2D eigenvalue weighted by Gasteiger charge is 2.61. The van der Waals surface area contributed by atoms with Gasteiger partial charge in [0.15, 0.2) is 0 Å². The Morgan fingerprint density at radius 3 is 2.25 bits per heavy atom. The molecule has 0 aliphatic heterocycles. The predicted octanol–water partition coefficient (Wildman–Crippen LogP) is 2.50. The lowest BCUT2D eigenvalue weighted by Crippen LogP contribution is -2.40. The van der Waals surface area contributed by atoms with Gasteiger partial charge in [-0.05, 0) is 45.2 Å². The molecule has 0 heterocycles.